The highest BCUT2D eigenvalue weighted by molar-refractivity contribution is 5.77. The van der Waals surface area contributed by atoms with Crippen LogP contribution in [0.5, 0.6) is 5.75 Å². The minimum absolute atomic E-state index is 0.0663. The Morgan fingerprint density at radius 1 is 1.04 bits per heavy atom. The Morgan fingerprint density at radius 3 is 2.70 bits per heavy atom. The lowest BCUT2D eigenvalue weighted by molar-refractivity contribution is -0.126. The Bertz CT molecular complexity index is 642. The van der Waals surface area contributed by atoms with E-state index in [0.717, 1.165) is 18.6 Å². The number of benzene rings is 2. The fraction of sp³-hybridized carbons (Fsp3) is 0.316. The Hall–Kier alpha value is -2.33. The molecule has 2 aromatic carbocycles. The van der Waals surface area contributed by atoms with E-state index in [1.807, 2.05) is 42.5 Å². The van der Waals surface area contributed by atoms with Crippen LogP contribution in [0.1, 0.15) is 23.6 Å². The number of rotatable bonds is 7. The number of hydrogen-bond donors (Lipinski definition) is 1. The predicted molar refractivity (Wildman–Crippen MR) is 88.4 cm³/mol. The molecule has 0 saturated carbocycles. The Kier molecular flexibility index (Phi) is 5.27. The molecule has 0 saturated heterocycles. The van der Waals surface area contributed by atoms with Crippen LogP contribution in [-0.2, 0) is 16.0 Å². The number of fused-ring (bicyclic) bond motifs is 1. The second-order valence-corrected chi connectivity index (χ2v) is 5.57. The summed E-state index contributed by atoms with van der Waals surface area (Å²) in [5, 5.41) is 3.04. The minimum atomic E-state index is -0.0774. The quantitative estimate of drug-likeness (QED) is 0.800. The van der Waals surface area contributed by atoms with Crippen molar-refractivity contribution in [3.8, 4) is 5.75 Å². The van der Waals surface area contributed by atoms with Gasteiger partial charge < -0.3 is 14.8 Å². The molecule has 0 radical (unpaired) electrons. The van der Waals surface area contributed by atoms with Gasteiger partial charge in [0.2, 0.25) is 5.91 Å². The molecule has 0 heterocycles. The number of carbonyl (C=O) groups excluding carboxylic acids is 1. The maximum atomic E-state index is 12.0. The second-order valence-electron chi connectivity index (χ2n) is 5.57. The van der Waals surface area contributed by atoms with Crippen molar-refractivity contribution in [3.63, 3.8) is 0 Å². The molecular formula is C19H21NO3. The largest absolute Gasteiger partial charge is 0.491 e. The third kappa shape index (κ3) is 4.33. The van der Waals surface area contributed by atoms with E-state index >= 15 is 0 Å². The maximum absolute atomic E-state index is 12.0. The SMILES string of the molecule is O=C(COCCOc1ccccc1)NC1CCc2ccccc21. The van der Waals surface area contributed by atoms with Gasteiger partial charge in [-0.05, 0) is 36.1 Å². The molecule has 23 heavy (non-hydrogen) atoms. The van der Waals surface area contributed by atoms with Crippen molar-refractivity contribution < 1.29 is 14.3 Å². The van der Waals surface area contributed by atoms with Crippen LogP contribution in [0.15, 0.2) is 54.6 Å². The van der Waals surface area contributed by atoms with Crippen molar-refractivity contribution >= 4 is 5.91 Å². The molecule has 1 unspecified atom stereocenters. The average Bonchev–Trinajstić information content (AvgIpc) is 2.99. The zero-order chi connectivity index (χ0) is 15.9. The van der Waals surface area contributed by atoms with Gasteiger partial charge in [-0.3, -0.25) is 4.79 Å². The van der Waals surface area contributed by atoms with Crippen LogP contribution < -0.4 is 10.1 Å². The second kappa shape index (κ2) is 7.79. The molecule has 0 bridgehead atoms. The first-order valence-electron chi connectivity index (χ1n) is 7.96. The van der Waals surface area contributed by atoms with Crippen molar-refractivity contribution in [2.75, 3.05) is 19.8 Å². The van der Waals surface area contributed by atoms with E-state index in [1.54, 1.807) is 0 Å². The molecule has 1 aliphatic carbocycles. The Labute approximate surface area is 136 Å². The predicted octanol–water partition coefficient (Wildman–Crippen LogP) is 2.89. The Balaban J connectivity index is 1.34. The fourth-order valence-electron chi connectivity index (χ4n) is 2.84. The molecule has 0 fully saturated rings. The summed E-state index contributed by atoms with van der Waals surface area (Å²) in [6.45, 7) is 0.893. The van der Waals surface area contributed by atoms with Crippen molar-refractivity contribution in [2.45, 2.75) is 18.9 Å². The normalized spacial score (nSPS) is 15.9. The highest BCUT2D eigenvalue weighted by Crippen LogP contribution is 2.30. The van der Waals surface area contributed by atoms with Gasteiger partial charge in [-0.1, -0.05) is 42.5 Å². The van der Waals surface area contributed by atoms with Gasteiger partial charge in [0.1, 0.15) is 19.0 Å². The molecular weight excluding hydrogens is 290 g/mol. The number of carbonyl (C=O) groups is 1. The monoisotopic (exact) mass is 311 g/mol. The summed E-state index contributed by atoms with van der Waals surface area (Å²) in [6, 6.07) is 17.9. The summed E-state index contributed by atoms with van der Waals surface area (Å²) in [5.74, 6) is 0.731. The van der Waals surface area contributed by atoms with Crippen LogP contribution >= 0.6 is 0 Å². The van der Waals surface area contributed by atoms with Gasteiger partial charge in [-0.15, -0.1) is 0 Å². The number of hydrogen-bond acceptors (Lipinski definition) is 3. The Morgan fingerprint density at radius 2 is 1.83 bits per heavy atom. The zero-order valence-corrected chi connectivity index (χ0v) is 13.0. The topological polar surface area (TPSA) is 47.6 Å². The van der Waals surface area contributed by atoms with Crippen LogP contribution in [0.4, 0.5) is 0 Å². The standard InChI is InChI=1S/C19H21NO3/c21-19(14-22-12-13-23-16-7-2-1-3-8-16)20-18-11-10-15-6-4-5-9-17(15)18/h1-9,18H,10-14H2,(H,20,21). The third-order valence-electron chi connectivity index (χ3n) is 3.94. The lowest BCUT2D eigenvalue weighted by atomic mass is 10.1. The van der Waals surface area contributed by atoms with Crippen molar-refractivity contribution in [3.05, 3.63) is 65.7 Å². The van der Waals surface area contributed by atoms with Gasteiger partial charge in [-0.2, -0.15) is 0 Å². The number of aryl methyl sites for hydroxylation is 1. The molecule has 0 aliphatic heterocycles. The van der Waals surface area contributed by atoms with Crippen LogP contribution in [0.25, 0.3) is 0 Å². The van der Waals surface area contributed by atoms with Gasteiger partial charge >= 0.3 is 0 Å². The molecule has 1 aliphatic rings. The molecule has 0 spiro atoms. The van der Waals surface area contributed by atoms with E-state index in [2.05, 4.69) is 17.4 Å². The molecule has 4 heteroatoms. The molecule has 3 rings (SSSR count). The summed E-state index contributed by atoms with van der Waals surface area (Å²) >= 11 is 0. The van der Waals surface area contributed by atoms with E-state index in [1.165, 1.54) is 11.1 Å². The fourth-order valence-corrected chi connectivity index (χ4v) is 2.84. The summed E-state index contributed by atoms with van der Waals surface area (Å²) in [5.41, 5.74) is 2.56. The van der Waals surface area contributed by atoms with Crippen LogP contribution in [-0.4, -0.2) is 25.7 Å². The van der Waals surface area contributed by atoms with Crippen molar-refractivity contribution in [2.24, 2.45) is 0 Å². The molecule has 2 aromatic rings. The van der Waals surface area contributed by atoms with Gasteiger partial charge in [0.25, 0.3) is 0 Å². The average molecular weight is 311 g/mol. The summed E-state index contributed by atoms with van der Waals surface area (Å²) < 4.78 is 10.9. The first-order valence-corrected chi connectivity index (χ1v) is 7.96. The summed E-state index contributed by atoms with van der Waals surface area (Å²) in [6.07, 6.45) is 1.98. The van der Waals surface area contributed by atoms with E-state index < -0.39 is 0 Å². The summed E-state index contributed by atoms with van der Waals surface area (Å²) in [7, 11) is 0. The molecule has 1 N–H and O–H groups in total. The van der Waals surface area contributed by atoms with Gasteiger partial charge in [0.05, 0.1) is 12.6 Å². The van der Waals surface area contributed by atoms with Gasteiger partial charge in [0.15, 0.2) is 0 Å². The molecule has 0 aromatic heterocycles. The van der Waals surface area contributed by atoms with E-state index in [-0.39, 0.29) is 18.6 Å². The highest BCUT2D eigenvalue weighted by Gasteiger charge is 2.23. The summed E-state index contributed by atoms with van der Waals surface area (Å²) in [4.78, 5) is 12.0. The molecule has 1 amide bonds. The third-order valence-corrected chi connectivity index (χ3v) is 3.94. The minimum Gasteiger partial charge on any atom is -0.491 e. The number of amides is 1. The molecule has 120 valence electrons. The first-order chi connectivity index (χ1) is 11.3. The van der Waals surface area contributed by atoms with E-state index in [9.17, 15) is 4.79 Å². The molecule has 4 nitrogen and oxygen atoms in total. The lowest BCUT2D eigenvalue weighted by Crippen LogP contribution is -2.31. The zero-order valence-electron chi connectivity index (χ0n) is 13.0. The number of ether oxygens (including phenoxy) is 2. The van der Waals surface area contributed by atoms with Crippen LogP contribution in [0.3, 0.4) is 0 Å². The van der Waals surface area contributed by atoms with Gasteiger partial charge in [-0.25, -0.2) is 0 Å². The van der Waals surface area contributed by atoms with E-state index in [4.69, 9.17) is 9.47 Å². The molecule has 1 atom stereocenters. The first kappa shape index (κ1) is 15.6. The lowest BCUT2D eigenvalue weighted by Gasteiger charge is -2.14. The van der Waals surface area contributed by atoms with Crippen LogP contribution in [0, 0.1) is 0 Å². The van der Waals surface area contributed by atoms with Crippen LogP contribution in [0.2, 0.25) is 0 Å². The number of nitrogens with one attached hydrogen (secondary N) is 1. The van der Waals surface area contributed by atoms with E-state index in [0.29, 0.717) is 13.2 Å². The highest BCUT2D eigenvalue weighted by atomic mass is 16.5. The van der Waals surface area contributed by atoms with Gasteiger partial charge in [0, 0.05) is 0 Å². The number of para-hydroxylation sites is 1. The van der Waals surface area contributed by atoms with Crippen molar-refractivity contribution in [1.29, 1.82) is 0 Å². The maximum Gasteiger partial charge on any atom is 0.246 e. The smallest absolute Gasteiger partial charge is 0.246 e. The van der Waals surface area contributed by atoms with Crippen molar-refractivity contribution in [1.82, 2.24) is 5.32 Å².